The summed E-state index contributed by atoms with van der Waals surface area (Å²) in [7, 11) is 0. The van der Waals surface area contributed by atoms with Gasteiger partial charge in [0.05, 0.1) is 11.6 Å². The lowest BCUT2D eigenvalue weighted by Crippen LogP contribution is -2.26. The van der Waals surface area contributed by atoms with Crippen LogP contribution in [-0.4, -0.2) is 0 Å². The van der Waals surface area contributed by atoms with E-state index in [9.17, 15) is 4.39 Å². The molecule has 2 heteroatoms. The maximum Gasteiger partial charge on any atom is 0.127 e. The lowest BCUT2D eigenvalue weighted by Gasteiger charge is -2.38. The van der Waals surface area contributed by atoms with Crippen LogP contribution in [0.25, 0.3) is 0 Å². The molecule has 0 aliphatic heterocycles. The third kappa shape index (κ3) is 8.20. The van der Waals surface area contributed by atoms with Crippen molar-refractivity contribution >= 4 is 0 Å². The van der Waals surface area contributed by atoms with E-state index in [0.29, 0.717) is 5.56 Å². The average Bonchev–Trinajstić information content (AvgIpc) is 2.83. The molecule has 0 heterocycles. The minimum absolute atomic E-state index is 0.203. The minimum Gasteiger partial charge on any atom is -0.207 e. The summed E-state index contributed by atoms with van der Waals surface area (Å²) >= 11 is 0. The SMILES string of the molecule is CCCCCCCCC[C@H]1CC[C@H](C2CCC(CCc3ccc(C#N)cc3F)CC2)CC1. The largest absolute Gasteiger partial charge is 0.207 e. The molecular weight excluding hydrogens is 393 g/mol. The molecule has 0 atom stereocenters. The van der Waals surface area contributed by atoms with E-state index in [2.05, 4.69) is 6.92 Å². The molecule has 1 nitrogen and oxygen atoms in total. The van der Waals surface area contributed by atoms with Gasteiger partial charge < -0.3 is 0 Å². The number of hydrogen-bond donors (Lipinski definition) is 0. The second kappa shape index (κ2) is 14.0. The fourth-order valence-corrected chi connectivity index (χ4v) is 6.47. The maximum absolute atomic E-state index is 14.1. The van der Waals surface area contributed by atoms with Gasteiger partial charge in [0.2, 0.25) is 0 Å². The van der Waals surface area contributed by atoms with E-state index in [4.69, 9.17) is 5.26 Å². The second-order valence-electron chi connectivity index (χ2n) is 10.9. The minimum atomic E-state index is -0.203. The van der Waals surface area contributed by atoms with Crippen LogP contribution in [0.5, 0.6) is 0 Å². The Balaban J connectivity index is 1.26. The zero-order valence-corrected chi connectivity index (χ0v) is 20.6. The molecule has 2 aliphatic carbocycles. The normalized spacial score (nSPS) is 26.0. The van der Waals surface area contributed by atoms with Crippen molar-refractivity contribution in [3.63, 3.8) is 0 Å². The van der Waals surface area contributed by atoms with Gasteiger partial charge in [-0.1, -0.05) is 90.0 Å². The van der Waals surface area contributed by atoms with Crippen molar-refractivity contribution in [1.82, 2.24) is 0 Å². The summed E-state index contributed by atoms with van der Waals surface area (Å²) in [5.74, 6) is 3.51. The van der Waals surface area contributed by atoms with Gasteiger partial charge in [-0.25, -0.2) is 4.39 Å². The van der Waals surface area contributed by atoms with Crippen molar-refractivity contribution in [1.29, 1.82) is 5.26 Å². The summed E-state index contributed by atoms with van der Waals surface area (Å²) < 4.78 is 14.1. The quantitative estimate of drug-likeness (QED) is 0.297. The average molecular weight is 440 g/mol. The Morgan fingerprint density at radius 3 is 1.91 bits per heavy atom. The molecule has 0 unspecified atom stereocenters. The molecule has 2 aliphatic rings. The molecule has 0 amide bonds. The number of nitriles is 1. The van der Waals surface area contributed by atoms with E-state index in [1.807, 2.05) is 12.1 Å². The first-order valence-corrected chi connectivity index (χ1v) is 13.9. The summed E-state index contributed by atoms with van der Waals surface area (Å²) in [5, 5.41) is 8.90. The molecular formula is C30H46FN. The summed E-state index contributed by atoms with van der Waals surface area (Å²) in [5.41, 5.74) is 1.20. The molecule has 2 fully saturated rings. The monoisotopic (exact) mass is 439 g/mol. The van der Waals surface area contributed by atoms with E-state index in [-0.39, 0.29) is 5.82 Å². The van der Waals surface area contributed by atoms with Crippen LogP contribution in [0.4, 0.5) is 4.39 Å². The highest BCUT2D eigenvalue weighted by molar-refractivity contribution is 5.32. The summed E-state index contributed by atoms with van der Waals surface area (Å²) in [6.45, 7) is 2.30. The van der Waals surface area contributed by atoms with Crippen molar-refractivity contribution in [2.75, 3.05) is 0 Å². The van der Waals surface area contributed by atoms with Crippen LogP contribution in [0.1, 0.15) is 127 Å². The van der Waals surface area contributed by atoms with Gasteiger partial charge in [0, 0.05) is 0 Å². The molecule has 0 radical (unpaired) electrons. The van der Waals surface area contributed by atoms with Crippen molar-refractivity contribution in [3.8, 4) is 6.07 Å². The number of unbranched alkanes of at least 4 members (excludes halogenated alkanes) is 6. The Hall–Kier alpha value is -1.36. The Kier molecular flexibility index (Phi) is 11.1. The van der Waals surface area contributed by atoms with Gasteiger partial charge in [-0.3, -0.25) is 0 Å². The first kappa shape index (κ1) is 25.3. The zero-order valence-electron chi connectivity index (χ0n) is 20.6. The molecule has 0 aromatic heterocycles. The van der Waals surface area contributed by atoms with Gasteiger partial charge in [0.25, 0.3) is 0 Å². The summed E-state index contributed by atoms with van der Waals surface area (Å²) in [6, 6.07) is 6.96. The van der Waals surface area contributed by atoms with Crippen LogP contribution in [0.2, 0.25) is 0 Å². The summed E-state index contributed by atoms with van der Waals surface area (Å²) in [6.07, 6.45) is 24.8. The number of nitrogens with zero attached hydrogens (tertiary/aromatic N) is 1. The molecule has 0 N–H and O–H groups in total. The Labute approximate surface area is 197 Å². The van der Waals surface area contributed by atoms with Gasteiger partial charge in [0.15, 0.2) is 0 Å². The molecule has 32 heavy (non-hydrogen) atoms. The van der Waals surface area contributed by atoms with Crippen LogP contribution in [0, 0.1) is 40.8 Å². The second-order valence-corrected chi connectivity index (χ2v) is 10.9. The highest BCUT2D eigenvalue weighted by Gasteiger charge is 2.30. The number of hydrogen-bond acceptors (Lipinski definition) is 1. The Bertz CT molecular complexity index is 689. The first-order chi connectivity index (χ1) is 15.7. The third-order valence-electron chi connectivity index (χ3n) is 8.67. The van der Waals surface area contributed by atoms with Gasteiger partial charge in [-0.15, -0.1) is 0 Å². The molecule has 0 bridgehead atoms. The lowest BCUT2D eigenvalue weighted by atomic mass is 9.68. The smallest absolute Gasteiger partial charge is 0.127 e. The van der Waals surface area contributed by atoms with Crippen molar-refractivity contribution in [2.24, 2.45) is 23.7 Å². The van der Waals surface area contributed by atoms with Gasteiger partial charge in [0.1, 0.15) is 5.82 Å². The highest BCUT2D eigenvalue weighted by Crippen LogP contribution is 2.43. The first-order valence-electron chi connectivity index (χ1n) is 13.9. The van der Waals surface area contributed by atoms with Gasteiger partial charge in [-0.2, -0.15) is 5.26 Å². The van der Waals surface area contributed by atoms with Gasteiger partial charge in [-0.05, 0) is 79.9 Å². The van der Waals surface area contributed by atoms with E-state index in [1.54, 1.807) is 6.07 Å². The van der Waals surface area contributed by atoms with Crippen LogP contribution in [0.3, 0.4) is 0 Å². The van der Waals surface area contributed by atoms with E-state index in [0.717, 1.165) is 42.1 Å². The molecule has 3 rings (SSSR count). The fraction of sp³-hybridized carbons (Fsp3) is 0.767. The predicted molar refractivity (Wildman–Crippen MR) is 133 cm³/mol. The van der Waals surface area contributed by atoms with Crippen molar-refractivity contribution in [3.05, 3.63) is 35.1 Å². The molecule has 2 saturated carbocycles. The number of aryl methyl sites for hydroxylation is 1. The Morgan fingerprint density at radius 2 is 1.34 bits per heavy atom. The lowest BCUT2D eigenvalue weighted by molar-refractivity contribution is 0.140. The third-order valence-corrected chi connectivity index (χ3v) is 8.67. The molecule has 1 aromatic rings. The van der Waals surface area contributed by atoms with Crippen LogP contribution in [-0.2, 0) is 6.42 Å². The van der Waals surface area contributed by atoms with E-state index >= 15 is 0 Å². The highest BCUT2D eigenvalue weighted by atomic mass is 19.1. The standard InChI is InChI=1S/C30H46FN/c1-2-3-4-5-6-7-8-9-24-10-16-27(17-11-24)28-18-12-25(13-19-28)14-20-29-21-15-26(23-32)22-30(29)31/h15,21-22,24-25,27-28H,2-14,16-20H2,1H3/t24-,25?,27-,28?. The number of rotatable bonds is 12. The number of halogens is 1. The van der Waals surface area contributed by atoms with E-state index in [1.165, 1.54) is 109 Å². The maximum atomic E-state index is 14.1. The fourth-order valence-electron chi connectivity index (χ4n) is 6.47. The van der Waals surface area contributed by atoms with Crippen LogP contribution < -0.4 is 0 Å². The zero-order chi connectivity index (χ0) is 22.6. The van der Waals surface area contributed by atoms with Crippen molar-refractivity contribution < 1.29 is 4.39 Å². The predicted octanol–water partition coefficient (Wildman–Crippen LogP) is 9.38. The molecule has 1 aromatic carbocycles. The Morgan fingerprint density at radius 1 is 0.781 bits per heavy atom. The molecule has 0 saturated heterocycles. The van der Waals surface area contributed by atoms with Crippen molar-refractivity contribution in [2.45, 2.75) is 122 Å². The van der Waals surface area contributed by atoms with Gasteiger partial charge >= 0.3 is 0 Å². The van der Waals surface area contributed by atoms with E-state index < -0.39 is 0 Å². The number of benzene rings is 1. The topological polar surface area (TPSA) is 23.8 Å². The molecule has 178 valence electrons. The molecule has 0 spiro atoms. The van der Waals surface area contributed by atoms with Crippen LogP contribution >= 0.6 is 0 Å². The summed E-state index contributed by atoms with van der Waals surface area (Å²) in [4.78, 5) is 0. The van der Waals surface area contributed by atoms with Crippen LogP contribution in [0.15, 0.2) is 18.2 Å².